The van der Waals surface area contributed by atoms with Gasteiger partial charge in [0.2, 0.25) is 5.91 Å². The van der Waals surface area contributed by atoms with Gasteiger partial charge in [0.1, 0.15) is 23.1 Å². The number of rotatable bonds is 12. The van der Waals surface area contributed by atoms with Crippen LogP contribution in [-0.2, 0) is 17.8 Å². The first-order chi connectivity index (χ1) is 15.6. The predicted molar refractivity (Wildman–Crippen MR) is 125 cm³/mol. The topological polar surface area (TPSA) is 87.5 Å². The first-order valence-electron chi connectivity index (χ1n) is 10.5. The molecular formula is C23H28N4O4S. The van der Waals surface area contributed by atoms with Gasteiger partial charge in [-0.3, -0.25) is 4.79 Å². The molecule has 0 unspecified atom stereocenters. The summed E-state index contributed by atoms with van der Waals surface area (Å²) >= 11 is 1.55. The predicted octanol–water partition coefficient (Wildman–Crippen LogP) is 4.06. The number of carbonyl (C=O) groups is 1. The zero-order valence-corrected chi connectivity index (χ0v) is 19.4. The van der Waals surface area contributed by atoms with Crippen LogP contribution in [0.3, 0.4) is 0 Å². The Balaban J connectivity index is 1.49. The monoisotopic (exact) mass is 456 g/mol. The molecule has 9 heteroatoms. The Kier molecular flexibility index (Phi) is 8.79. The van der Waals surface area contributed by atoms with Gasteiger partial charge in [0, 0.05) is 18.0 Å². The molecule has 0 saturated heterocycles. The summed E-state index contributed by atoms with van der Waals surface area (Å²) in [5.74, 6) is 3.55. The van der Waals surface area contributed by atoms with Crippen LogP contribution in [0.25, 0.3) is 0 Å². The van der Waals surface area contributed by atoms with Crippen LogP contribution in [0, 0.1) is 0 Å². The summed E-state index contributed by atoms with van der Waals surface area (Å²) in [5, 5.41) is 12.1. The van der Waals surface area contributed by atoms with E-state index >= 15 is 0 Å². The lowest BCUT2D eigenvalue weighted by Gasteiger charge is -2.09. The second-order valence-electron chi connectivity index (χ2n) is 6.70. The third kappa shape index (κ3) is 6.65. The molecule has 0 bridgehead atoms. The molecule has 1 amide bonds. The molecule has 3 rings (SSSR count). The maximum Gasteiger partial charge on any atom is 0.232 e. The second-order valence-corrected chi connectivity index (χ2v) is 7.76. The van der Waals surface area contributed by atoms with Gasteiger partial charge >= 0.3 is 0 Å². The fourth-order valence-electron chi connectivity index (χ4n) is 2.99. The van der Waals surface area contributed by atoms with Crippen LogP contribution < -0.4 is 19.5 Å². The van der Waals surface area contributed by atoms with E-state index in [9.17, 15) is 4.79 Å². The molecule has 0 saturated carbocycles. The van der Waals surface area contributed by atoms with E-state index in [2.05, 4.69) is 15.5 Å². The molecule has 170 valence electrons. The van der Waals surface area contributed by atoms with Crippen molar-refractivity contribution in [1.82, 2.24) is 14.8 Å². The zero-order valence-electron chi connectivity index (χ0n) is 18.5. The number of aromatic nitrogens is 3. The van der Waals surface area contributed by atoms with Crippen LogP contribution in [0.4, 0.5) is 5.69 Å². The van der Waals surface area contributed by atoms with E-state index in [1.165, 1.54) is 0 Å². The number of hydrogen-bond donors (Lipinski definition) is 1. The summed E-state index contributed by atoms with van der Waals surface area (Å²) in [5.41, 5.74) is 0.714. The van der Waals surface area contributed by atoms with Gasteiger partial charge in [-0.05, 0) is 62.4 Å². The van der Waals surface area contributed by atoms with Crippen molar-refractivity contribution >= 4 is 23.4 Å². The minimum absolute atomic E-state index is 0.143. The van der Waals surface area contributed by atoms with Crippen molar-refractivity contribution in [3.8, 4) is 17.2 Å². The van der Waals surface area contributed by atoms with Crippen LogP contribution in [-0.4, -0.2) is 46.7 Å². The van der Waals surface area contributed by atoms with Crippen molar-refractivity contribution in [2.45, 2.75) is 32.0 Å². The highest BCUT2D eigenvalue weighted by Crippen LogP contribution is 2.20. The summed E-state index contributed by atoms with van der Waals surface area (Å²) in [6.07, 6.45) is 0.150. The van der Waals surface area contributed by atoms with Crippen molar-refractivity contribution in [2.75, 3.05) is 31.4 Å². The minimum Gasteiger partial charge on any atom is -0.497 e. The van der Waals surface area contributed by atoms with Gasteiger partial charge in [0.05, 0.1) is 26.7 Å². The molecule has 1 heterocycles. The fraction of sp³-hybridized carbons (Fsp3) is 0.348. The number of amides is 1. The van der Waals surface area contributed by atoms with Gasteiger partial charge in [-0.2, -0.15) is 0 Å². The van der Waals surface area contributed by atoms with E-state index in [4.69, 9.17) is 14.2 Å². The molecule has 8 nitrogen and oxygen atoms in total. The highest BCUT2D eigenvalue weighted by atomic mass is 32.2. The standard InChI is InChI=1S/C23H28N4O4S/c1-4-27-21(16-22(28)24-17-6-8-19(9-7-17)30-5-2)25-26-23(27)32-15-14-31-20-12-10-18(29-3)11-13-20/h6-13H,4-5,14-16H2,1-3H3,(H,24,28). The number of anilines is 1. The Morgan fingerprint density at radius 1 is 0.969 bits per heavy atom. The quantitative estimate of drug-likeness (QED) is 0.325. The van der Waals surface area contributed by atoms with Gasteiger partial charge in [-0.15, -0.1) is 10.2 Å². The van der Waals surface area contributed by atoms with Crippen molar-refractivity contribution in [2.24, 2.45) is 0 Å². The van der Waals surface area contributed by atoms with Gasteiger partial charge in [0.15, 0.2) is 5.16 Å². The SMILES string of the molecule is CCOc1ccc(NC(=O)Cc2nnc(SCCOc3ccc(OC)cc3)n2CC)cc1. The minimum atomic E-state index is -0.143. The summed E-state index contributed by atoms with van der Waals surface area (Å²) in [4.78, 5) is 12.5. The molecule has 0 radical (unpaired) electrons. The van der Waals surface area contributed by atoms with Gasteiger partial charge in [-0.25, -0.2) is 0 Å². The van der Waals surface area contributed by atoms with E-state index in [1.807, 2.05) is 66.9 Å². The molecule has 0 aliphatic carbocycles. The van der Waals surface area contributed by atoms with Crippen LogP contribution in [0.2, 0.25) is 0 Å². The van der Waals surface area contributed by atoms with Gasteiger partial charge in [-0.1, -0.05) is 11.8 Å². The molecule has 0 fully saturated rings. The van der Waals surface area contributed by atoms with E-state index in [-0.39, 0.29) is 12.3 Å². The molecule has 1 aromatic heterocycles. The second kappa shape index (κ2) is 12.0. The lowest BCUT2D eigenvalue weighted by Crippen LogP contribution is -2.17. The highest BCUT2D eigenvalue weighted by molar-refractivity contribution is 7.99. The van der Waals surface area contributed by atoms with E-state index in [0.717, 1.165) is 22.4 Å². The van der Waals surface area contributed by atoms with Crippen molar-refractivity contribution in [1.29, 1.82) is 0 Å². The number of carbonyl (C=O) groups excluding carboxylic acids is 1. The molecule has 0 aliphatic heterocycles. The Morgan fingerprint density at radius 2 is 1.62 bits per heavy atom. The van der Waals surface area contributed by atoms with Gasteiger partial charge < -0.3 is 24.1 Å². The number of methoxy groups -OCH3 is 1. The van der Waals surface area contributed by atoms with E-state index in [1.54, 1.807) is 18.9 Å². The van der Waals surface area contributed by atoms with Crippen molar-refractivity contribution in [3.05, 3.63) is 54.4 Å². The molecular weight excluding hydrogens is 428 g/mol. The maximum absolute atomic E-state index is 12.5. The van der Waals surface area contributed by atoms with Crippen LogP contribution in [0.5, 0.6) is 17.2 Å². The molecule has 2 aromatic carbocycles. The number of thioether (sulfide) groups is 1. The lowest BCUT2D eigenvalue weighted by molar-refractivity contribution is -0.115. The van der Waals surface area contributed by atoms with E-state index in [0.29, 0.717) is 37.0 Å². The third-order valence-corrected chi connectivity index (χ3v) is 5.45. The van der Waals surface area contributed by atoms with Crippen molar-refractivity contribution in [3.63, 3.8) is 0 Å². The average Bonchev–Trinajstić information content (AvgIpc) is 3.19. The number of nitrogens with one attached hydrogen (secondary N) is 1. The smallest absolute Gasteiger partial charge is 0.232 e. The maximum atomic E-state index is 12.5. The van der Waals surface area contributed by atoms with E-state index < -0.39 is 0 Å². The Hall–Kier alpha value is -3.20. The number of benzene rings is 2. The third-order valence-electron chi connectivity index (χ3n) is 4.52. The number of ether oxygens (including phenoxy) is 3. The van der Waals surface area contributed by atoms with Gasteiger partial charge in [0.25, 0.3) is 0 Å². The summed E-state index contributed by atoms with van der Waals surface area (Å²) in [6, 6.07) is 14.8. The summed E-state index contributed by atoms with van der Waals surface area (Å²) in [7, 11) is 1.63. The normalized spacial score (nSPS) is 10.6. The number of nitrogens with zero attached hydrogens (tertiary/aromatic N) is 3. The van der Waals surface area contributed by atoms with Crippen LogP contribution >= 0.6 is 11.8 Å². The average molecular weight is 457 g/mol. The lowest BCUT2D eigenvalue weighted by atomic mass is 10.3. The van der Waals surface area contributed by atoms with Crippen LogP contribution in [0.15, 0.2) is 53.7 Å². The molecule has 0 atom stereocenters. The molecule has 32 heavy (non-hydrogen) atoms. The molecule has 3 aromatic rings. The summed E-state index contributed by atoms with van der Waals surface area (Å²) < 4.78 is 18.3. The zero-order chi connectivity index (χ0) is 22.8. The largest absolute Gasteiger partial charge is 0.497 e. The highest BCUT2D eigenvalue weighted by Gasteiger charge is 2.15. The fourth-order valence-corrected chi connectivity index (χ4v) is 3.83. The first-order valence-corrected chi connectivity index (χ1v) is 11.5. The molecule has 0 spiro atoms. The first kappa shape index (κ1) is 23.5. The molecule has 0 aliphatic rings. The Bertz CT molecular complexity index is 990. The Labute approximate surface area is 192 Å². The summed E-state index contributed by atoms with van der Waals surface area (Å²) in [6.45, 7) is 5.75. The van der Waals surface area contributed by atoms with Crippen LogP contribution in [0.1, 0.15) is 19.7 Å². The van der Waals surface area contributed by atoms with Crippen molar-refractivity contribution < 1.29 is 19.0 Å². The number of hydrogen-bond acceptors (Lipinski definition) is 7. The molecule has 1 N–H and O–H groups in total. The Morgan fingerprint density at radius 3 is 2.28 bits per heavy atom.